The molecule has 2 aliphatic rings. The molecule has 0 fully saturated rings. The van der Waals surface area contributed by atoms with Crippen molar-refractivity contribution in [2.24, 2.45) is 0 Å². The highest BCUT2D eigenvalue weighted by atomic mass is 15.1. The van der Waals surface area contributed by atoms with Crippen LogP contribution in [-0.2, 0) is 10.8 Å². The van der Waals surface area contributed by atoms with Crippen LogP contribution in [0.2, 0.25) is 0 Å². The first-order chi connectivity index (χ1) is 33.9. The van der Waals surface area contributed by atoms with Gasteiger partial charge < -0.3 is 9.80 Å². The van der Waals surface area contributed by atoms with Crippen molar-refractivity contribution in [2.75, 3.05) is 9.80 Å². The van der Waals surface area contributed by atoms with Crippen LogP contribution in [0.3, 0.4) is 0 Å². The second-order valence-electron chi connectivity index (χ2n) is 20.4. The second kappa shape index (κ2) is 17.3. The van der Waals surface area contributed by atoms with Gasteiger partial charge in [-0.05, 0) is 194 Å². The maximum absolute atomic E-state index is 9.97. The molecule has 4 heteroatoms. The van der Waals surface area contributed by atoms with Gasteiger partial charge in [-0.25, -0.2) is 0 Å². The van der Waals surface area contributed by atoms with Gasteiger partial charge >= 0.3 is 0 Å². The largest absolute Gasteiger partial charge is 0.310 e. The number of benzene rings is 9. The Balaban J connectivity index is 1.20. The van der Waals surface area contributed by atoms with Gasteiger partial charge in [0.05, 0.1) is 23.3 Å². The Morgan fingerprint density at radius 2 is 1.00 bits per heavy atom. The van der Waals surface area contributed by atoms with Gasteiger partial charge in [0.2, 0.25) is 0 Å². The molecule has 0 bridgehead atoms. The predicted molar refractivity (Wildman–Crippen MR) is 293 cm³/mol. The summed E-state index contributed by atoms with van der Waals surface area (Å²) in [6.45, 7) is 13.6. The van der Waals surface area contributed by atoms with Crippen molar-refractivity contribution >= 4 is 61.2 Å². The van der Waals surface area contributed by atoms with E-state index in [0.29, 0.717) is 11.1 Å². The smallest absolute Gasteiger partial charge is 0.0991 e. The summed E-state index contributed by atoms with van der Waals surface area (Å²) >= 11 is 0. The zero-order valence-electron chi connectivity index (χ0n) is 40.7. The average Bonchev–Trinajstić information content (AvgIpc) is 3.61. The normalized spacial score (nSPS) is 13.7. The molecule has 0 saturated heterocycles. The van der Waals surface area contributed by atoms with Crippen molar-refractivity contribution in [3.05, 3.63) is 233 Å². The van der Waals surface area contributed by atoms with Crippen molar-refractivity contribution in [3.8, 4) is 34.4 Å². The number of aryl methyl sites for hydroxylation is 1. The van der Waals surface area contributed by atoms with Crippen LogP contribution in [0.4, 0.5) is 34.1 Å². The minimum Gasteiger partial charge on any atom is -0.310 e. The van der Waals surface area contributed by atoms with Crippen LogP contribution in [0, 0.1) is 29.6 Å². The zero-order valence-corrected chi connectivity index (χ0v) is 40.7. The van der Waals surface area contributed by atoms with E-state index in [9.17, 15) is 10.5 Å². The molecule has 0 aliphatic heterocycles. The van der Waals surface area contributed by atoms with Crippen molar-refractivity contribution in [2.45, 2.75) is 65.2 Å². The number of hydrogen-bond donors (Lipinski definition) is 0. The van der Waals surface area contributed by atoms with E-state index in [1.54, 1.807) is 0 Å². The molecule has 0 aromatic heterocycles. The summed E-state index contributed by atoms with van der Waals surface area (Å²) in [5, 5.41) is 24.3. The van der Waals surface area contributed by atoms with Crippen LogP contribution >= 0.6 is 0 Å². The van der Waals surface area contributed by atoms with Gasteiger partial charge in [0, 0.05) is 39.5 Å². The molecule has 0 atom stereocenters. The number of anilines is 6. The number of nitrogens with zero attached hydrogens (tertiary/aromatic N) is 4. The van der Waals surface area contributed by atoms with Crippen LogP contribution in [-0.4, -0.2) is 0 Å². The van der Waals surface area contributed by atoms with Gasteiger partial charge in [0.1, 0.15) is 0 Å². The van der Waals surface area contributed by atoms with E-state index in [1.807, 2.05) is 24.3 Å². The molecule has 0 heterocycles. The van der Waals surface area contributed by atoms with E-state index >= 15 is 0 Å². The van der Waals surface area contributed by atoms with Crippen LogP contribution < -0.4 is 9.80 Å². The van der Waals surface area contributed by atoms with Gasteiger partial charge in [-0.3, -0.25) is 0 Å². The Bertz CT molecular complexity index is 3670. The van der Waals surface area contributed by atoms with Crippen LogP contribution in [0.25, 0.3) is 49.4 Å². The molecule has 2 aliphatic carbocycles. The SMILES string of the molecule is Cc1ccc(N(c2ccc3c(c2)C(C)(C)C2=C3CCC=C2)c2ccc3c(-c4ccc(C#N)cc4)c4cc(N(c5ccccc5)c5cccc(C(C)(C)C)c5)ccc4c(-c4ccc(C#N)cc4)c3c2)cc1. The highest BCUT2D eigenvalue weighted by Gasteiger charge is 2.37. The molecule has 9 aromatic rings. The molecule has 0 saturated carbocycles. The quantitative estimate of drug-likeness (QED) is 0.143. The van der Waals surface area contributed by atoms with Gasteiger partial charge in [-0.2, -0.15) is 10.5 Å². The minimum absolute atomic E-state index is 0.0430. The number of hydrogen-bond acceptors (Lipinski definition) is 4. The summed E-state index contributed by atoms with van der Waals surface area (Å²) in [5.41, 5.74) is 19.7. The average molecular weight is 903 g/mol. The van der Waals surface area contributed by atoms with Gasteiger partial charge in [-0.1, -0.05) is 137 Å². The number of rotatable bonds is 8. The van der Waals surface area contributed by atoms with Crippen molar-refractivity contribution in [1.82, 2.24) is 0 Å². The fourth-order valence-electron chi connectivity index (χ4n) is 10.9. The van der Waals surface area contributed by atoms with Gasteiger partial charge in [0.15, 0.2) is 0 Å². The second-order valence-corrected chi connectivity index (χ2v) is 20.4. The first kappa shape index (κ1) is 44.1. The van der Waals surface area contributed by atoms with Gasteiger partial charge in [0.25, 0.3) is 0 Å². The highest BCUT2D eigenvalue weighted by molar-refractivity contribution is 6.22. The fraction of sp³-hybridized carbons (Fsp3) is 0.152. The Morgan fingerprint density at radius 1 is 0.500 bits per heavy atom. The monoisotopic (exact) mass is 902 g/mol. The lowest BCUT2D eigenvalue weighted by atomic mass is 9.80. The number of allylic oxidation sites excluding steroid dienone is 4. The Hall–Kier alpha value is -8.44. The van der Waals surface area contributed by atoms with E-state index in [4.69, 9.17) is 0 Å². The first-order valence-corrected chi connectivity index (χ1v) is 24.3. The molecule has 0 unspecified atom stereocenters. The number of fused-ring (bicyclic) bond motifs is 4. The van der Waals surface area contributed by atoms with E-state index in [0.717, 1.165) is 90.8 Å². The Morgan fingerprint density at radius 3 is 1.56 bits per heavy atom. The van der Waals surface area contributed by atoms with E-state index < -0.39 is 0 Å². The molecular formula is C66H54N4. The van der Waals surface area contributed by atoms with Crippen molar-refractivity contribution < 1.29 is 0 Å². The standard InChI is InChI=1S/C66H54N4/c1-43-19-29-50(30-20-43)70(54-31-34-56-55-17-10-11-18-61(55)66(5,6)62(56)40-54)53-33-36-58-60(39-53)64(47-27-23-45(42-68)24-28-47)57-35-32-52(38-59(57)63(58)46-25-21-44(41-67)22-26-46)69(49-14-8-7-9-15-49)51-16-12-13-48(37-51)65(2,3)4/h7-9,11-16,18-40H,10,17H2,1-6H3. The molecular weight excluding hydrogens is 849 g/mol. The molecule has 70 heavy (non-hydrogen) atoms. The van der Waals surface area contributed by atoms with E-state index in [2.05, 4.69) is 233 Å². The lowest BCUT2D eigenvalue weighted by Gasteiger charge is -2.30. The molecule has 4 nitrogen and oxygen atoms in total. The van der Waals surface area contributed by atoms with E-state index in [-0.39, 0.29) is 10.8 Å². The maximum atomic E-state index is 9.97. The first-order valence-electron chi connectivity index (χ1n) is 24.3. The summed E-state index contributed by atoms with van der Waals surface area (Å²) in [5.74, 6) is 0. The maximum Gasteiger partial charge on any atom is 0.0991 e. The van der Waals surface area contributed by atoms with Gasteiger partial charge in [-0.15, -0.1) is 0 Å². The molecule has 0 radical (unpaired) electrons. The lowest BCUT2D eigenvalue weighted by molar-refractivity contribution is 0.590. The summed E-state index contributed by atoms with van der Waals surface area (Å²) in [6.07, 6.45) is 6.82. The summed E-state index contributed by atoms with van der Waals surface area (Å²) in [6, 6.07) is 69.9. The third kappa shape index (κ3) is 7.63. The molecule has 0 spiro atoms. The molecule has 338 valence electrons. The summed E-state index contributed by atoms with van der Waals surface area (Å²) < 4.78 is 0. The zero-order chi connectivity index (χ0) is 48.3. The fourth-order valence-corrected chi connectivity index (χ4v) is 10.9. The third-order valence-electron chi connectivity index (χ3n) is 14.6. The van der Waals surface area contributed by atoms with Crippen LogP contribution in [0.5, 0.6) is 0 Å². The van der Waals surface area contributed by atoms with Crippen molar-refractivity contribution in [3.63, 3.8) is 0 Å². The number of para-hydroxylation sites is 1. The Labute approximate surface area is 412 Å². The highest BCUT2D eigenvalue weighted by Crippen LogP contribution is 2.53. The molecule has 9 aromatic carbocycles. The lowest BCUT2D eigenvalue weighted by Crippen LogP contribution is -2.18. The predicted octanol–water partition coefficient (Wildman–Crippen LogP) is 18.0. The van der Waals surface area contributed by atoms with Crippen LogP contribution in [0.15, 0.2) is 200 Å². The Kier molecular flexibility index (Phi) is 10.9. The number of nitriles is 2. The molecule has 0 N–H and O–H groups in total. The topological polar surface area (TPSA) is 54.1 Å². The summed E-state index contributed by atoms with van der Waals surface area (Å²) in [7, 11) is 0. The molecule has 11 rings (SSSR count). The minimum atomic E-state index is -0.123. The van der Waals surface area contributed by atoms with Crippen LogP contribution in [0.1, 0.15) is 80.8 Å². The van der Waals surface area contributed by atoms with Crippen molar-refractivity contribution in [1.29, 1.82) is 10.5 Å². The summed E-state index contributed by atoms with van der Waals surface area (Å²) in [4.78, 5) is 4.76. The third-order valence-corrected chi connectivity index (χ3v) is 14.6. The van der Waals surface area contributed by atoms with E-state index in [1.165, 1.54) is 33.4 Å². The molecule has 0 amide bonds.